The Balaban J connectivity index is 1.44. The Kier molecular flexibility index (Phi) is 5.75. The normalized spacial score (nSPS) is 16.5. The van der Waals surface area contributed by atoms with Crippen LogP contribution in [0.15, 0.2) is 47.0 Å². The fourth-order valence-electron chi connectivity index (χ4n) is 3.94. The third-order valence-corrected chi connectivity index (χ3v) is 6.03. The van der Waals surface area contributed by atoms with E-state index in [1.165, 1.54) is 22.9 Å². The first-order chi connectivity index (χ1) is 14.7. The van der Waals surface area contributed by atoms with Crippen molar-refractivity contribution in [2.45, 2.75) is 33.0 Å². The van der Waals surface area contributed by atoms with Crippen LogP contribution in [0.2, 0.25) is 0 Å². The molecule has 1 aliphatic rings. The topological polar surface area (TPSA) is 45.4 Å². The largest absolute Gasteiger partial charge is 0.416 e. The summed E-state index contributed by atoms with van der Waals surface area (Å²) in [6.07, 6.45) is -4.41. The van der Waals surface area contributed by atoms with Gasteiger partial charge in [-0.3, -0.25) is 4.90 Å². The summed E-state index contributed by atoms with van der Waals surface area (Å²) < 4.78 is 44.4. The number of hydrogen-bond acceptors (Lipinski definition) is 5. The highest BCUT2D eigenvalue weighted by Crippen LogP contribution is 2.32. The Hall–Kier alpha value is -2.87. The van der Waals surface area contributed by atoms with Gasteiger partial charge in [0.15, 0.2) is 0 Å². The fourth-order valence-corrected chi connectivity index (χ4v) is 3.94. The zero-order chi connectivity index (χ0) is 22.2. The lowest BCUT2D eigenvalue weighted by atomic mass is 10.1. The molecular weight excluding hydrogens is 405 g/mol. The molecule has 4 rings (SSSR count). The number of rotatable bonds is 4. The summed E-state index contributed by atoms with van der Waals surface area (Å²) in [4.78, 5) is 9.02. The molecule has 5 nitrogen and oxygen atoms in total. The molecule has 0 spiro atoms. The summed E-state index contributed by atoms with van der Waals surface area (Å²) in [5, 5.41) is 3.92. The van der Waals surface area contributed by atoms with Gasteiger partial charge in [-0.25, -0.2) is 0 Å². The molecule has 0 amide bonds. The van der Waals surface area contributed by atoms with E-state index in [0.29, 0.717) is 5.89 Å². The Labute approximate surface area is 179 Å². The number of benzene rings is 2. The van der Waals surface area contributed by atoms with Crippen molar-refractivity contribution >= 4 is 5.69 Å². The number of nitrogens with zero attached hydrogens (tertiary/aromatic N) is 4. The predicted octanol–water partition coefficient (Wildman–Crippen LogP) is 5.26. The van der Waals surface area contributed by atoms with Crippen molar-refractivity contribution in [2.75, 3.05) is 31.1 Å². The molecule has 2 heterocycles. The first-order valence-electron chi connectivity index (χ1n) is 10.3. The minimum atomic E-state index is -4.41. The Bertz CT molecular complexity index is 1050. The van der Waals surface area contributed by atoms with Gasteiger partial charge in [0.05, 0.1) is 11.6 Å². The summed E-state index contributed by atoms with van der Waals surface area (Å²) in [6.45, 7) is 9.66. The zero-order valence-corrected chi connectivity index (χ0v) is 17.8. The summed E-state index contributed by atoms with van der Waals surface area (Å²) >= 11 is 0. The minimum Gasteiger partial charge on any atom is -0.369 e. The van der Waals surface area contributed by atoms with Crippen LogP contribution in [-0.2, 0) is 6.18 Å². The van der Waals surface area contributed by atoms with Crippen molar-refractivity contribution in [1.82, 2.24) is 15.0 Å². The highest BCUT2D eigenvalue weighted by Gasteiger charge is 2.31. The molecule has 1 aromatic heterocycles. The molecular formula is C23H25F3N4O. The molecule has 0 N–H and O–H groups in total. The van der Waals surface area contributed by atoms with Crippen LogP contribution in [0.3, 0.4) is 0 Å². The van der Waals surface area contributed by atoms with Gasteiger partial charge in [-0.05, 0) is 50.1 Å². The van der Waals surface area contributed by atoms with Gasteiger partial charge < -0.3 is 9.42 Å². The third-order valence-electron chi connectivity index (χ3n) is 6.03. The maximum absolute atomic E-state index is 13.0. The van der Waals surface area contributed by atoms with Gasteiger partial charge in [-0.2, -0.15) is 18.2 Å². The maximum Gasteiger partial charge on any atom is 0.416 e. The quantitative estimate of drug-likeness (QED) is 0.565. The Morgan fingerprint density at radius 2 is 1.71 bits per heavy atom. The van der Waals surface area contributed by atoms with Gasteiger partial charge in [-0.1, -0.05) is 29.4 Å². The van der Waals surface area contributed by atoms with Gasteiger partial charge >= 0.3 is 6.18 Å². The second-order valence-electron chi connectivity index (χ2n) is 7.95. The first kappa shape index (κ1) is 21.4. The lowest BCUT2D eigenvalue weighted by Gasteiger charge is -2.38. The number of anilines is 1. The van der Waals surface area contributed by atoms with E-state index in [2.05, 4.69) is 52.0 Å². The van der Waals surface area contributed by atoms with Crippen LogP contribution >= 0.6 is 0 Å². The summed E-state index contributed by atoms with van der Waals surface area (Å²) in [5.74, 6) is 0.578. The van der Waals surface area contributed by atoms with E-state index in [1.54, 1.807) is 6.07 Å². The van der Waals surface area contributed by atoms with Crippen LogP contribution in [0.5, 0.6) is 0 Å². The highest BCUT2D eigenvalue weighted by atomic mass is 19.4. The van der Waals surface area contributed by atoms with E-state index >= 15 is 0 Å². The molecule has 0 aliphatic carbocycles. The Morgan fingerprint density at radius 1 is 1.00 bits per heavy atom. The third kappa shape index (κ3) is 4.44. The molecule has 2 aromatic carbocycles. The van der Waals surface area contributed by atoms with Crippen LogP contribution in [0.25, 0.3) is 11.4 Å². The zero-order valence-electron chi connectivity index (χ0n) is 17.8. The van der Waals surface area contributed by atoms with Gasteiger partial charge in [0.2, 0.25) is 11.7 Å². The van der Waals surface area contributed by atoms with Gasteiger partial charge in [-0.15, -0.1) is 0 Å². The van der Waals surface area contributed by atoms with Crippen molar-refractivity contribution in [3.05, 3.63) is 65.0 Å². The Morgan fingerprint density at radius 3 is 2.42 bits per heavy atom. The standard InChI is InChI=1S/C23H25F3N4O/c1-15-6-4-9-20(16(15)2)30-12-10-29(11-13-30)17(3)22-27-21(28-31-22)18-7-5-8-19(14-18)23(24,25)26/h4-9,14,17H,10-13H2,1-3H3/t17-/m1/s1. The number of halogens is 3. The monoisotopic (exact) mass is 430 g/mol. The van der Waals surface area contributed by atoms with Gasteiger partial charge in [0, 0.05) is 37.4 Å². The average Bonchev–Trinajstić information content (AvgIpc) is 3.25. The van der Waals surface area contributed by atoms with Crippen LogP contribution in [0, 0.1) is 13.8 Å². The number of aromatic nitrogens is 2. The van der Waals surface area contributed by atoms with E-state index in [0.717, 1.165) is 38.3 Å². The predicted molar refractivity (Wildman–Crippen MR) is 113 cm³/mol. The SMILES string of the molecule is Cc1cccc(N2CCN([C@H](C)c3nc(-c4cccc(C(F)(F)F)c4)no3)CC2)c1C. The summed E-state index contributed by atoms with van der Waals surface area (Å²) in [7, 11) is 0. The second-order valence-corrected chi connectivity index (χ2v) is 7.95. The highest BCUT2D eigenvalue weighted by molar-refractivity contribution is 5.57. The number of alkyl halides is 3. The maximum atomic E-state index is 13.0. The van der Waals surface area contributed by atoms with E-state index in [-0.39, 0.29) is 17.4 Å². The molecule has 1 saturated heterocycles. The summed E-state index contributed by atoms with van der Waals surface area (Å²) in [6, 6.07) is 11.2. The van der Waals surface area contributed by atoms with Crippen molar-refractivity contribution in [2.24, 2.45) is 0 Å². The van der Waals surface area contributed by atoms with Gasteiger partial charge in [0.1, 0.15) is 0 Å². The van der Waals surface area contributed by atoms with Crippen LogP contribution < -0.4 is 4.90 Å². The van der Waals surface area contributed by atoms with E-state index in [9.17, 15) is 13.2 Å². The fraction of sp³-hybridized carbons (Fsp3) is 0.391. The number of aryl methyl sites for hydroxylation is 1. The van der Waals surface area contributed by atoms with Crippen LogP contribution in [0.4, 0.5) is 18.9 Å². The number of piperazine rings is 1. The number of hydrogen-bond donors (Lipinski definition) is 0. The van der Waals surface area contributed by atoms with Crippen LogP contribution in [0.1, 0.15) is 35.5 Å². The lowest BCUT2D eigenvalue weighted by molar-refractivity contribution is -0.137. The second kappa shape index (κ2) is 8.34. The smallest absolute Gasteiger partial charge is 0.369 e. The molecule has 0 saturated carbocycles. The average molecular weight is 430 g/mol. The molecule has 0 bridgehead atoms. The van der Waals surface area contributed by atoms with Crippen molar-refractivity contribution in [1.29, 1.82) is 0 Å². The molecule has 0 radical (unpaired) electrons. The van der Waals surface area contributed by atoms with Crippen molar-refractivity contribution in [3.8, 4) is 11.4 Å². The molecule has 8 heteroatoms. The first-order valence-corrected chi connectivity index (χ1v) is 10.3. The molecule has 0 unspecified atom stereocenters. The van der Waals surface area contributed by atoms with Crippen molar-refractivity contribution < 1.29 is 17.7 Å². The summed E-state index contributed by atoms with van der Waals surface area (Å²) in [5.41, 5.74) is 3.40. The van der Waals surface area contributed by atoms with Gasteiger partial charge in [0.25, 0.3) is 0 Å². The molecule has 31 heavy (non-hydrogen) atoms. The molecule has 1 atom stereocenters. The molecule has 164 valence electrons. The van der Waals surface area contributed by atoms with Crippen molar-refractivity contribution in [3.63, 3.8) is 0 Å². The lowest BCUT2D eigenvalue weighted by Crippen LogP contribution is -2.47. The molecule has 1 fully saturated rings. The van der Waals surface area contributed by atoms with Crippen LogP contribution in [-0.4, -0.2) is 41.2 Å². The molecule has 1 aliphatic heterocycles. The molecule has 3 aromatic rings. The van der Waals surface area contributed by atoms with E-state index in [4.69, 9.17) is 4.52 Å². The minimum absolute atomic E-state index is 0.118. The van der Waals surface area contributed by atoms with E-state index < -0.39 is 11.7 Å². The van der Waals surface area contributed by atoms with E-state index in [1.807, 2.05) is 6.92 Å².